The van der Waals surface area contributed by atoms with Gasteiger partial charge in [0.15, 0.2) is 0 Å². The molecule has 2 heterocycles. The molecule has 0 saturated carbocycles. The average Bonchev–Trinajstić information content (AvgIpc) is 3.00. The summed E-state index contributed by atoms with van der Waals surface area (Å²) in [5, 5.41) is 23.2. The van der Waals surface area contributed by atoms with Gasteiger partial charge in [0.2, 0.25) is 0 Å². The van der Waals surface area contributed by atoms with Crippen molar-refractivity contribution in [1.29, 1.82) is 5.26 Å². The van der Waals surface area contributed by atoms with Gasteiger partial charge in [-0.2, -0.15) is 5.26 Å². The van der Waals surface area contributed by atoms with Crippen molar-refractivity contribution in [2.45, 2.75) is 12.5 Å². The lowest BCUT2D eigenvalue weighted by molar-refractivity contribution is -0.385. The third kappa shape index (κ3) is 1.92. The minimum Gasteiger partial charge on any atom is -0.367 e. The summed E-state index contributed by atoms with van der Waals surface area (Å²) in [4.78, 5) is 12.6. The number of nitriles is 1. The van der Waals surface area contributed by atoms with Crippen LogP contribution < -0.4 is 10.2 Å². The van der Waals surface area contributed by atoms with Crippen molar-refractivity contribution < 1.29 is 4.92 Å². The third-order valence-electron chi connectivity index (χ3n) is 4.07. The van der Waals surface area contributed by atoms with Crippen LogP contribution in [0.2, 0.25) is 0 Å². The Balaban J connectivity index is 1.94. The van der Waals surface area contributed by atoms with Gasteiger partial charge in [-0.05, 0) is 24.5 Å². The maximum absolute atomic E-state index is 10.8. The first-order valence-electron chi connectivity index (χ1n) is 6.36. The molecule has 19 heavy (non-hydrogen) atoms. The highest BCUT2D eigenvalue weighted by Crippen LogP contribution is 2.33. The lowest BCUT2D eigenvalue weighted by atomic mass is 10.0. The van der Waals surface area contributed by atoms with Crippen LogP contribution in [0.5, 0.6) is 0 Å². The van der Waals surface area contributed by atoms with Crippen LogP contribution in [-0.2, 0) is 0 Å². The molecule has 3 rings (SSSR count). The molecule has 0 aliphatic carbocycles. The van der Waals surface area contributed by atoms with Gasteiger partial charge in [0.25, 0.3) is 5.69 Å². The summed E-state index contributed by atoms with van der Waals surface area (Å²) in [6, 6.07) is 7.19. The van der Waals surface area contributed by atoms with Crippen LogP contribution in [0, 0.1) is 27.4 Å². The monoisotopic (exact) mass is 258 g/mol. The molecule has 0 unspecified atom stereocenters. The Hall–Kier alpha value is -2.13. The summed E-state index contributed by atoms with van der Waals surface area (Å²) in [6.07, 6.45) is 1.14. The zero-order valence-electron chi connectivity index (χ0n) is 10.4. The molecule has 2 atom stereocenters. The van der Waals surface area contributed by atoms with E-state index >= 15 is 0 Å². The first-order chi connectivity index (χ1) is 9.20. The highest BCUT2D eigenvalue weighted by atomic mass is 16.6. The standard InChI is InChI=1S/C13H14N4O2/c14-6-10-5-11(1-2-12(10)17(18)19)16-4-3-9-7-15-8-13(9)16/h1-2,5,9,13,15H,3-4,7-8H2/t9-,13+/m0/s1. The van der Waals surface area contributed by atoms with Gasteiger partial charge in [-0.25, -0.2) is 0 Å². The second kappa shape index (κ2) is 4.52. The molecular weight excluding hydrogens is 244 g/mol. The minimum atomic E-state index is -0.508. The van der Waals surface area contributed by atoms with E-state index in [1.54, 1.807) is 12.1 Å². The van der Waals surface area contributed by atoms with Crippen molar-refractivity contribution in [3.05, 3.63) is 33.9 Å². The van der Waals surface area contributed by atoms with Crippen molar-refractivity contribution in [2.24, 2.45) is 5.92 Å². The van der Waals surface area contributed by atoms with Crippen molar-refractivity contribution >= 4 is 11.4 Å². The molecule has 0 radical (unpaired) electrons. The summed E-state index contributed by atoms with van der Waals surface area (Å²) in [6.45, 7) is 2.95. The number of anilines is 1. The molecule has 1 aromatic rings. The van der Waals surface area contributed by atoms with Gasteiger partial charge in [0.05, 0.1) is 4.92 Å². The minimum absolute atomic E-state index is 0.119. The Kier molecular flexibility index (Phi) is 2.84. The van der Waals surface area contributed by atoms with Crippen LogP contribution in [-0.4, -0.2) is 30.6 Å². The lowest BCUT2D eigenvalue weighted by Crippen LogP contribution is -2.34. The van der Waals surface area contributed by atoms with Crippen LogP contribution in [0.25, 0.3) is 0 Å². The summed E-state index contributed by atoms with van der Waals surface area (Å²) < 4.78 is 0. The molecule has 2 aliphatic heterocycles. The van der Waals surface area contributed by atoms with E-state index in [1.165, 1.54) is 6.07 Å². The molecule has 1 N–H and O–H groups in total. The Morgan fingerprint density at radius 2 is 2.32 bits per heavy atom. The van der Waals surface area contributed by atoms with Crippen LogP contribution in [0.1, 0.15) is 12.0 Å². The fraction of sp³-hybridized carbons (Fsp3) is 0.462. The number of hydrogen-bond acceptors (Lipinski definition) is 5. The maximum atomic E-state index is 10.8. The molecule has 2 saturated heterocycles. The molecule has 0 aromatic heterocycles. The largest absolute Gasteiger partial charge is 0.367 e. The number of nitro groups is 1. The van der Waals surface area contributed by atoms with Crippen LogP contribution >= 0.6 is 0 Å². The first kappa shape index (κ1) is 11.9. The van der Waals surface area contributed by atoms with E-state index in [0.717, 1.165) is 31.7 Å². The summed E-state index contributed by atoms with van der Waals surface area (Å²) >= 11 is 0. The van der Waals surface area contributed by atoms with E-state index in [1.807, 2.05) is 6.07 Å². The lowest BCUT2D eigenvalue weighted by Gasteiger charge is -2.25. The zero-order chi connectivity index (χ0) is 13.4. The Labute approximate surface area is 110 Å². The third-order valence-corrected chi connectivity index (χ3v) is 4.07. The van der Waals surface area contributed by atoms with E-state index in [9.17, 15) is 10.1 Å². The van der Waals surface area contributed by atoms with E-state index in [0.29, 0.717) is 12.0 Å². The van der Waals surface area contributed by atoms with Crippen molar-refractivity contribution in [1.82, 2.24) is 5.32 Å². The molecule has 0 amide bonds. The molecule has 2 aliphatic rings. The molecule has 1 aromatic carbocycles. The smallest absolute Gasteiger partial charge is 0.287 e. The fourth-order valence-electron chi connectivity index (χ4n) is 3.12. The van der Waals surface area contributed by atoms with Gasteiger partial charge in [-0.3, -0.25) is 10.1 Å². The van der Waals surface area contributed by atoms with Gasteiger partial charge in [0, 0.05) is 37.4 Å². The maximum Gasteiger partial charge on any atom is 0.287 e. The topological polar surface area (TPSA) is 82.2 Å². The predicted molar refractivity (Wildman–Crippen MR) is 69.9 cm³/mol. The number of rotatable bonds is 2. The van der Waals surface area contributed by atoms with Crippen molar-refractivity contribution in [3.63, 3.8) is 0 Å². The molecule has 2 fully saturated rings. The van der Waals surface area contributed by atoms with Gasteiger partial charge in [-0.15, -0.1) is 0 Å². The van der Waals surface area contributed by atoms with Crippen LogP contribution in [0.4, 0.5) is 11.4 Å². The Bertz CT molecular complexity index is 566. The van der Waals surface area contributed by atoms with E-state index in [-0.39, 0.29) is 11.3 Å². The average molecular weight is 258 g/mol. The summed E-state index contributed by atoms with van der Waals surface area (Å²) in [5.41, 5.74) is 0.932. The van der Waals surface area contributed by atoms with Gasteiger partial charge in [0.1, 0.15) is 11.6 Å². The highest BCUT2D eigenvalue weighted by molar-refractivity contribution is 5.61. The SMILES string of the molecule is N#Cc1cc(N2CC[C@H]3CNC[C@H]32)ccc1[N+](=O)[O-]. The summed E-state index contributed by atoms with van der Waals surface area (Å²) in [7, 11) is 0. The van der Waals surface area contributed by atoms with E-state index in [4.69, 9.17) is 5.26 Å². The normalized spacial score (nSPS) is 25.1. The van der Waals surface area contributed by atoms with Crippen molar-refractivity contribution in [2.75, 3.05) is 24.5 Å². The number of nitrogens with one attached hydrogen (secondary N) is 1. The molecule has 98 valence electrons. The number of fused-ring (bicyclic) bond motifs is 1. The molecular formula is C13H14N4O2. The Morgan fingerprint density at radius 1 is 1.47 bits per heavy atom. The molecule has 6 nitrogen and oxygen atoms in total. The zero-order valence-corrected chi connectivity index (χ0v) is 10.4. The summed E-state index contributed by atoms with van der Waals surface area (Å²) in [5.74, 6) is 0.653. The highest BCUT2D eigenvalue weighted by Gasteiger charge is 2.37. The van der Waals surface area contributed by atoms with Crippen LogP contribution in [0.15, 0.2) is 18.2 Å². The fourth-order valence-corrected chi connectivity index (χ4v) is 3.12. The van der Waals surface area contributed by atoms with E-state index in [2.05, 4.69) is 10.2 Å². The number of benzene rings is 1. The predicted octanol–water partition coefficient (Wildman–Crippen LogP) is 1.26. The number of nitrogens with zero attached hydrogens (tertiary/aromatic N) is 3. The quantitative estimate of drug-likeness (QED) is 0.638. The Morgan fingerprint density at radius 3 is 3.05 bits per heavy atom. The number of nitro benzene ring substituents is 1. The second-order valence-electron chi connectivity index (χ2n) is 5.04. The first-order valence-corrected chi connectivity index (χ1v) is 6.36. The molecule has 0 bridgehead atoms. The second-order valence-corrected chi connectivity index (χ2v) is 5.04. The van der Waals surface area contributed by atoms with Crippen LogP contribution in [0.3, 0.4) is 0 Å². The van der Waals surface area contributed by atoms with Gasteiger partial charge in [-0.1, -0.05) is 0 Å². The van der Waals surface area contributed by atoms with E-state index < -0.39 is 4.92 Å². The van der Waals surface area contributed by atoms with Gasteiger partial charge >= 0.3 is 0 Å². The van der Waals surface area contributed by atoms with Crippen molar-refractivity contribution in [3.8, 4) is 6.07 Å². The van der Waals surface area contributed by atoms with Gasteiger partial charge < -0.3 is 10.2 Å². The number of hydrogen-bond donors (Lipinski definition) is 1. The molecule has 6 heteroatoms. The molecule has 0 spiro atoms.